The standard InChI is InChI=1S/C6H10N2O2/c7-3-5-8-4-1-2-6(9)10/h8H,1-2,4-5H2,(H,9,10). The number of carbonyl (C=O) groups is 1. The van der Waals surface area contributed by atoms with E-state index >= 15 is 0 Å². The number of carboxylic acids is 1. The molecule has 4 heteroatoms. The number of nitriles is 1. The summed E-state index contributed by atoms with van der Waals surface area (Å²) in [4.78, 5) is 9.94. The molecule has 56 valence electrons. The van der Waals surface area contributed by atoms with E-state index in [4.69, 9.17) is 10.4 Å². The summed E-state index contributed by atoms with van der Waals surface area (Å²) < 4.78 is 0. The minimum atomic E-state index is -0.793. The Hall–Kier alpha value is -1.08. The zero-order valence-corrected chi connectivity index (χ0v) is 5.63. The molecular formula is C6H10N2O2. The van der Waals surface area contributed by atoms with Crippen LogP contribution in [0, 0.1) is 11.3 Å². The second kappa shape index (κ2) is 6.05. The van der Waals surface area contributed by atoms with E-state index in [0.29, 0.717) is 19.5 Å². The minimum Gasteiger partial charge on any atom is -0.481 e. The summed E-state index contributed by atoms with van der Waals surface area (Å²) in [7, 11) is 0. The van der Waals surface area contributed by atoms with E-state index < -0.39 is 5.97 Å². The first-order chi connectivity index (χ1) is 4.77. The number of nitrogens with one attached hydrogen (secondary N) is 1. The third kappa shape index (κ3) is 6.92. The van der Waals surface area contributed by atoms with Crippen LogP contribution in [0.3, 0.4) is 0 Å². The first-order valence-corrected chi connectivity index (χ1v) is 3.07. The molecule has 0 bridgehead atoms. The quantitative estimate of drug-likeness (QED) is 0.417. The van der Waals surface area contributed by atoms with Crippen LogP contribution < -0.4 is 5.32 Å². The first kappa shape index (κ1) is 8.92. The molecule has 0 aliphatic carbocycles. The summed E-state index contributed by atoms with van der Waals surface area (Å²) >= 11 is 0. The highest BCUT2D eigenvalue weighted by atomic mass is 16.4. The largest absolute Gasteiger partial charge is 0.481 e. The molecule has 0 saturated carbocycles. The van der Waals surface area contributed by atoms with E-state index in [0.717, 1.165) is 0 Å². The molecule has 0 aromatic rings. The van der Waals surface area contributed by atoms with E-state index in [-0.39, 0.29) is 6.42 Å². The van der Waals surface area contributed by atoms with Gasteiger partial charge in [0.2, 0.25) is 0 Å². The molecule has 0 heterocycles. The highest BCUT2D eigenvalue weighted by Gasteiger charge is 1.93. The summed E-state index contributed by atoms with van der Waals surface area (Å²) in [6.07, 6.45) is 0.745. The fourth-order valence-corrected chi connectivity index (χ4v) is 0.509. The SMILES string of the molecule is N#CCNCCCC(=O)O. The Morgan fingerprint density at radius 2 is 2.40 bits per heavy atom. The third-order valence-electron chi connectivity index (χ3n) is 0.948. The summed E-state index contributed by atoms with van der Waals surface area (Å²) in [5, 5.41) is 19.0. The van der Waals surface area contributed by atoms with Crippen LogP contribution in [-0.2, 0) is 4.79 Å². The molecule has 0 atom stereocenters. The molecule has 4 nitrogen and oxygen atoms in total. The Balaban J connectivity index is 2.92. The van der Waals surface area contributed by atoms with Crippen molar-refractivity contribution in [3.05, 3.63) is 0 Å². The van der Waals surface area contributed by atoms with E-state index in [2.05, 4.69) is 5.32 Å². The van der Waals surface area contributed by atoms with Gasteiger partial charge in [0.15, 0.2) is 0 Å². The maximum atomic E-state index is 9.94. The lowest BCUT2D eigenvalue weighted by atomic mass is 10.3. The van der Waals surface area contributed by atoms with Crippen molar-refractivity contribution in [3.63, 3.8) is 0 Å². The molecule has 0 radical (unpaired) electrons. The Morgan fingerprint density at radius 1 is 1.70 bits per heavy atom. The summed E-state index contributed by atoms with van der Waals surface area (Å²) in [5.74, 6) is -0.793. The molecular weight excluding hydrogens is 132 g/mol. The second-order valence-electron chi connectivity index (χ2n) is 1.83. The highest BCUT2D eigenvalue weighted by molar-refractivity contribution is 5.66. The average molecular weight is 142 g/mol. The van der Waals surface area contributed by atoms with E-state index in [1.165, 1.54) is 0 Å². The zero-order chi connectivity index (χ0) is 7.82. The molecule has 0 aliphatic rings. The van der Waals surface area contributed by atoms with Gasteiger partial charge in [-0.15, -0.1) is 0 Å². The van der Waals surface area contributed by atoms with Crippen LogP contribution in [0.15, 0.2) is 0 Å². The average Bonchev–Trinajstić information content (AvgIpc) is 1.87. The first-order valence-electron chi connectivity index (χ1n) is 3.07. The number of hydrogen-bond acceptors (Lipinski definition) is 3. The fourth-order valence-electron chi connectivity index (χ4n) is 0.509. The highest BCUT2D eigenvalue weighted by Crippen LogP contribution is 1.84. The van der Waals surface area contributed by atoms with Crippen molar-refractivity contribution in [2.75, 3.05) is 13.1 Å². The molecule has 0 fully saturated rings. The smallest absolute Gasteiger partial charge is 0.303 e. The number of rotatable bonds is 5. The topological polar surface area (TPSA) is 73.1 Å². The van der Waals surface area contributed by atoms with Gasteiger partial charge in [-0.25, -0.2) is 0 Å². The van der Waals surface area contributed by atoms with E-state index in [1.54, 1.807) is 0 Å². The third-order valence-corrected chi connectivity index (χ3v) is 0.948. The number of carboxylic acid groups (broad SMARTS) is 1. The van der Waals surface area contributed by atoms with Gasteiger partial charge in [-0.1, -0.05) is 0 Å². The molecule has 0 aromatic heterocycles. The monoisotopic (exact) mass is 142 g/mol. The van der Waals surface area contributed by atoms with Gasteiger partial charge in [0.05, 0.1) is 12.6 Å². The maximum absolute atomic E-state index is 9.94. The van der Waals surface area contributed by atoms with Crippen molar-refractivity contribution in [2.45, 2.75) is 12.8 Å². The van der Waals surface area contributed by atoms with Crippen molar-refractivity contribution < 1.29 is 9.90 Å². The molecule has 0 saturated heterocycles. The molecule has 0 aromatic carbocycles. The summed E-state index contributed by atoms with van der Waals surface area (Å²) in [5.41, 5.74) is 0. The number of nitrogens with zero attached hydrogens (tertiary/aromatic N) is 1. The number of hydrogen-bond donors (Lipinski definition) is 2. The van der Waals surface area contributed by atoms with Crippen molar-refractivity contribution in [3.8, 4) is 6.07 Å². The minimum absolute atomic E-state index is 0.165. The molecule has 0 unspecified atom stereocenters. The van der Waals surface area contributed by atoms with Crippen LogP contribution in [0.1, 0.15) is 12.8 Å². The lowest BCUT2D eigenvalue weighted by Gasteiger charge is -1.95. The van der Waals surface area contributed by atoms with Gasteiger partial charge in [-0.05, 0) is 13.0 Å². The van der Waals surface area contributed by atoms with E-state index in [1.807, 2.05) is 6.07 Å². The van der Waals surface area contributed by atoms with Crippen LogP contribution in [-0.4, -0.2) is 24.2 Å². The maximum Gasteiger partial charge on any atom is 0.303 e. The zero-order valence-electron chi connectivity index (χ0n) is 5.63. The van der Waals surface area contributed by atoms with Gasteiger partial charge in [0, 0.05) is 6.42 Å². The van der Waals surface area contributed by atoms with Crippen molar-refractivity contribution in [1.82, 2.24) is 5.32 Å². The van der Waals surface area contributed by atoms with Crippen LogP contribution in [0.25, 0.3) is 0 Å². The molecule has 0 rings (SSSR count). The van der Waals surface area contributed by atoms with Gasteiger partial charge >= 0.3 is 5.97 Å². The normalized spacial score (nSPS) is 8.70. The van der Waals surface area contributed by atoms with Crippen LogP contribution in [0.4, 0.5) is 0 Å². The van der Waals surface area contributed by atoms with Gasteiger partial charge in [0.25, 0.3) is 0 Å². The Bertz CT molecular complexity index is 139. The van der Waals surface area contributed by atoms with Gasteiger partial charge in [-0.2, -0.15) is 5.26 Å². The fraction of sp³-hybridized carbons (Fsp3) is 0.667. The molecule has 0 amide bonds. The molecule has 0 aliphatic heterocycles. The second-order valence-corrected chi connectivity index (χ2v) is 1.83. The lowest BCUT2D eigenvalue weighted by molar-refractivity contribution is -0.137. The van der Waals surface area contributed by atoms with Crippen LogP contribution >= 0.6 is 0 Å². The molecule has 10 heavy (non-hydrogen) atoms. The van der Waals surface area contributed by atoms with Crippen LogP contribution in [0.2, 0.25) is 0 Å². The number of aliphatic carboxylic acids is 1. The lowest BCUT2D eigenvalue weighted by Crippen LogP contribution is -2.16. The summed E-state index contributed by atoms with van der Waals surface area (Å²) in [6.45, 7) is 0.888. The van der Waals surface area contributed by atoms with Crippen molar-refractivity contribution in [2.24, 2.45) is 0 Å². The van der Waals surface area contributed by atoms with Gasteiger partial charge < -0.3 is 10.4 Å². The Kier molecular flexibility index (Phi) is 5.39. The van der Waals surface area contributed by atoms with Crippen molar-refractivity contribution >= 4 is 5.97 Å². The Labute approximate surface area is 59.5 Å². The Morgan fingerprint density at radius 3 is 2.90 bits per heavy atom. The van der Waals surface area contributed by atoms with Gasteiger partial charge in [-0.3, -0.25) is 4.79 Å². The van der Waals surface area contributed by atoms with Gasteiger partial charge in [0.1, 0.15) is 0 Å². The molecule has 0 spiro atoms. The predicted octanol–water partition coefficient (Wildman–Crippen LogP) is -0.0356. The van der Waals surface area contributed by atoms with Crippen LogP contribution in [0.5, 0.6) is 0 Å². The molecule has 2 N–H and O–H groups in total. The van der Waals surface area contributed by atoms with E-state index in [9.17, 15) is 4.79 Å². The van der Waals surface area contributed by atoms with Crippen molar-refractivity contribution in [1.29, 1.82) is 5.26 Å². The summed E-state index contributed by atoms with van der Waals surface area (Å²) in [6, 6.07) is 1.90. The predicted molar refractivity (Wildman–Crippen MR) is 35.4 cm³/mol.